The molecule has 0 aliphatic heterocycles. The second-order valence-electron chi connectivity index (χ2n) is 4.61. The average molecular weight is 222 g/mol. The molecule has 90 valence electrons. The number of nitrogens with zero attached hydrogens (tertiary/aromatic N) is 3. The lowest BCUT2D eigenvalue weighted by Gasteiger charge is -2.09. The third kappa shape index (κ3) is 3.04. The lowest BCUT2D eigenvalue weighted by atomic mass is 10.0. The van der Waals surface area contributed by atoms with E-state index in [4.69, 9.17) is 0 Å². The van der Waals surface area contributed by atoms with E-state index in [1.807, 2.05) is 4.68 Å². The van der Waals surface area contributed by atoms with Crippen molar-refractivity contribution in [3.63, 3.8) is 0 Å². The van der Waals surface area contributed by atoms with Crippen molar-refractivity contribution in [3.8, 4) is 0 Å². The Hall–Kier alpha value is -0.900. The van der Waals surface area contributed by atoms with Crippen molar-refractivity contribution in [3.05, 3.63) is 12.2 Å². The standard InChI is InChI=1S/C12H22N4/c1-2-16-12(14-10-15-16)9-13-8-7-11-5-3-4-6-11/h10-11,13H,2-9H2,1H3. The fraction of sp³-hybridized carbons (Fsp3) is 0.833. The number of aromatic nitrogens is 3. The van der Waals surface area contributed by atoms with Gasteiger partial charge >= 0.3 is 0 Å². The van der Waals surface area contributed by atoms with Crippen LogP contribution in [0.5, 0.6) is 0 Å². The lowest BCUT2D eigenvalue weighted by Crippen LogP contribution is -2.20. The zero-order valence-electron chi connectivity index (χ0n) is 10.2. The summed E-state index contributed by atoms with van der Waals surface area (Å²) in [6.45, 7) is 4.96. The van der Waals surface area contributed by atoms with Crippen molar-refractivity contribution in [2.45, 2.75) is 52.1 Å². The van der Waals surface area contributed by atoms with Gasteiger partial charge in [0.1, 0.15) is 12.2 Å². The minimum atomic E-state index is 0.848. The smallest absolute Gasteiger partial charge is 0.140 e. The zero-order chi connectivity index (χ0) is 11.2. The van der Waals surface area contributed by atoms with Gasteiger partial charge in [0.05, 0.1) is 6.54 Å². The average Bonchev–Trinajstić information content (AvgIpc) is 2.95. The Morgan fingerprint density at radius 1 is 1.44 bits per heavy atom. The van der Waals surface area contributed by atoms with Gasteiger partial charge in [0.15, 0.2) is 0 Å². The predicted octanol–water partition coefficient (Wildman–Crippen LogP) is 1.97. The van der Waals surface area contributed by atoms with Gasteiger partial charge in [-0.2, -0.15) is 5.10 Å². The van der Waals surface area contributed by atoms with Gasteiger partial charge in [0.2, 0.25) is 0 Å². The number of aryl methyl sites for hydroxylation is 1. The first kappa shape index (κ1) is 11.6. The summed E-state index contributed by atoms with van der Waals surface area (Å²) in [7, 11) is 0. The molecule has 0 unspecified atom stereocenters. The molecule has 0 bridgehead atoms. The van der Waals surface area contributed by atoms with Gasteiger partial charge in [-0.15, -0.1) is 0 Å². The highest BCUT2D eigenvalue weighted by atomic mass is 15.3. The maximum absolute atomic E-state index is 4.25. The zero-order valence-corrected chi connectivity index (χ0v) is 10.2. The second kappa shape index (κ2) is 5.99. The molecule has 0 spiro atoms. The van der Waals surface area contributed by atoms with Crippen LogP contribution in [0.3, 0.4) is 0 Å². The summed E-state index contributed by atoms with van der Waals surface area (Å²) < 4.78 is 1.95. The van der Waals surface area contributed by atoms with E-state index in [9.17, 15) is 0 Å². The van der Waals surface area contributed by atoms with Crippen molar-refractivity contribution in [1.82, 2.24) is 20.1 Å². The third-order valence-corrected chi connectivity index (χ3v) is 3.48. The van der Waals surface area contributed by atoms with Crippen molar-refractivity contribution in [2.75, 3.05) is 6.54 Å². The Morgan fingerprint density at radius 3 is 3.00 bits per heavy atom. The molecule has 0 amide bonds. The molecule has 1 fully saturated rings. The summed E-state index contributed by atoms with van der Waals surface area (Å²) >= 11 is 0. The van der Waals surface area contributed by atoms with Gasteiger partial charge in [-0.1, -0.05) is 25.7 Å². The van der Waals surface area contributed by atoms with Gasteiger partial charge in [0, 0.05) is 6.54 Å². The summed E-state index contributed by atoms with van der Waals surface area (Å²) in [5.41, 5.74) is 0. The molecule has 0 radical (unpaired) electrons. The molecule has 1 aliphatic carbocycles. The maximum Gasteiger partial charge on any atom is 0.140 e. The van der Waals surface area contributed by atoms with E-state index >= 15 is 0 Å². The van der Waals surface area contributed by atoms with Crippen LogP contribution in [0.25, 0.3) is 0 Å². The van der Waals surface area contributed by atoms with Crippen LogP contribution in [0, 0.1) is 5.92 Å². The van der Waals surface area contributed by atoms with Gasteiger partial charge in [-0.3, -0.25) is 0 Å². The molecule has 4 heteroatoms. The molecule has 16 heavy (non-hydrogen) atoms. The highest BCUT2D eigenvalue weighted by Gasteiger charge is 2.14. The molecule has 1 aliphatic rings. The predicted molar refractivity (Wildman–Crippen MR) is 64.0 cm³/mol. The highest BCUT2D eigenvalue weighted by molar-refractivity contribution is 4.83. The van der Waals surface area contributed by atoms with Crippen molar-refractivity contribution in [1.29, 1.82) is 0 Å². The molecule has 4 nitrogen and oxygen atoms in total. The monoisotopic (exact) mass is 222 g/mol. The van der Waals surface area contributed by atoms with E-state index < -0.39 is 0 Å². The molecular weight excluding hydrogens is 200 g/mol. The van der Waals surface area contributed by atoms with Crippen LogP contribution in [0.4, 0.5) is 0 Å². The highest BCUT2D eigenvalue weighted by Crippen LogP contribution is 2.26. The van der Waals surface area contributed by atoms with Crippen LogP contribution in [-0.4, -0.2) is 21.3 Å². The van der Waals surface area contributed by atoms with E-state index in [1.165, 1.54) is 32.1 Å². The number of hydrogen-bond donors (Lipinski definition) is 1. The first-order chi connectivity index (χ1) is 7.90. The van der Waals surface area contributed by atoms with Gasteiger partial charge < -0.3 is 5.32 Å². The topological polar surface area (TPSA) is 42.7 Å². The summed E-state index contributed by atoms with van der Waals surface area (Å²) in [5, 5.41) is 7.62. The van der Waals surface area contributed by atoms with Crippen LogP contribution >= 0.6 is 0 Å². The van der Waals surface area contributed by atoms with Crippen molar-refractivity contribution >= 4 is 0 Å². The fourth-order valence-electron chi connectivity index (χ4n) is 2.49. The Balaban J connectivity index is 1.64. The number of rotatable bonds is 6. The van der Waals surface area contributed by atoms with Gasteiger partial charge in [-0.05, 0) is 25.8 Å². The Kier molecular flexibility index (Phi) is 4.34. The SMILES string of the molecule is CCn1ncnc1CNCCC1CCCC1. The minimum Gasteiger partial charge on any atom is -0.310 e. The van der Waals surface area contributed by atoms with E-state index in [-0.39, 0.29) is 0 Å². The molecule has 1 heterocycles. The largest absolute Gasteiger partial charge is 0.310 e. The summed E-state index contributed by atoms with van der Waals surface area (Å²) in [6.07, 6.45) is 8.71. The maximum atomic E-state index is 4.25. The molecule has 1 N–H and O–H groups in total. The van der Waals surface area contributed by atoms with Gasteiger partial charge in [0.25, 0.3) is 0 Å². The first-order valence-electron chi connectivity index (χ1n) is 6.47. The Bertz CT molecular complexity index is 302. The quantitative estimate of drug-likeness (QED) is 0.748. The third-order valence-electron chi connectivity index (χ3n) is 3.48. The molecule has 1 aromatic heterocycles. The molecule has 0 aromatic carbocycles. The van der Waals surface area contributed by atoms with E-state index in [2.05, 4.69) is 22.3 Å². The molecule has 1 aromatic rings. The molecule has 2 rings (SSSR count). The summed E-state index contributed by atoms with van der Waals surface area (Å²) in [5.74, 6) is 2.02. The molecule has 1 saturated carbocycles. The normalized spacial score (nSPS) is 17.1. The summed E-state index contributed by atoms with van der Waals surface area (Å²) in [6, 6.07) is 0. The van der Waals surface area contributed by atoms with Gasteiger partial charge in [-0.25, -0.2) is 9.67 Å². The van der Waals surface area contributed by atoms with Crippen LogP contribution in [0.15, 0.2) is 6.33 Å². The number of nitrogens with one attached hydrogen (secondary N) is 1. The number of hydrogen-bond acceptors (Lipinski definition) is 3. The fourth-order valence-corrected chi connectivity index (χ4v) is 2.49. The molecular formula is C12H22N4. The Morgan fingerprint density at radius 2 is 2.25 bits per heavy atom. The molecule has 0 atom stereocenters. The Labute approximate surface area is 97.5 Å². The first-order valence-corrected chi connectivity index (χ1v) is 6.47. The van der Waals surface area contributed by atoms with E-state index in [0.29, 0.717) is 0 Å². The molecule has 0 saturated heterocycles. The van der Waals surface area contributed by atoms with E-state index in [0.717, 1.165) is 31.4 Å². The minimum absolute atomic E-state index is 0.848. The van der Waals surface area contributed by atoms with Crippen LogP contribution in [0.1, 0.15) is 44.9 Å². The van der Waals surface area contributed by atoms with E-state index in [1.54, 1.807) is 6.33 Å². The van der Waals surface area contributed by atoms with Crippen LogP contribution in [0.2, 0.25) is 0 Å². The lowest BCUT2D eigenvalue weighted by molar-refractivity contribution is 0.469. The van der Waals surface area contributed by atoms with Crippen LogP contribution < -0.4 is 5.32 Å². The second-order valence-corrected chi connectivity index (χ2v) is 4.61. The van der Waals surface area contributed by atoms with Crippen molar-refractivity contribution < 1.29 is 0 Å². The summed E-state index contributed by atoms with van der Waals surface area (Å²) in [4.78, 5) is 4.25. The van der Waals surface area contributed by atoms with Crippen LogP contribution in [-0.2, 0) is 13.1 Å². The van der Waals surface area contributed by atoms with Crippen molar-refractivity contribution in [2.24, 2.45) is 5.92 Å².